The van der Waals surface area contributed by atoms with E-state index in [1.165, 1.54) is 0 Å². The largest absolute Gasteiger partial charge is 0.354 e. The van der Waals surface area contributed by atoms with Gasteiger partial charge in [0.25, 0.3) is 0 Å². The molecule has 0 bridgehead atoms. The lowest BCUT2D eigenvalue weighted by Gasteiger charge is -2.33. The Bertz CT molecular complexity index is 147. The highest BCUT2D eigenvalue weighted by atomic mass is 16.7. The normalized spacial score (nSPS) is 23.1. The summed E-state index contributed by atoms with van der Waals surface area (Å²) in [6, 6.07) is 0. The van der Waals surface area contributed by atoms with Gasteiger partial charge in [0.05, 0.1) is 18.6 Å². The summed E-state index contributed by atoms with van der Waals surface area (Å²) < 4.78 is 10.2. The van der Waals surface area contributed by atoms with E-state index in [0.29, 0.717) is 20.0 Å². The first kappa shape index (κ1) is 8.68. The highest BCUT2D eigenvalue weighted by Crippen LogP contribution is 2.26. The Morgan fingerprint density at radius 2 is 2.00 bits per heavy atom. The van der Waals surface area contributed by atoms with E-state index in [-0.39, 0.29) is 11.2 Å². The molecule has 64 valence electrons. The fraction of sp³-hybridized carbons (Fsp3) is 0.875. The average molecular weight is 158 g/mol. The van der Waals surface area contributed by atoms with Crippen molar-refractivity contribution in [1.29, 1.82) is 0 Å². The Balaban J connectivity index is 2.64. The van der Waals surface area contributed by atoms with E-state index in [9.17, 15) is 4.79 Å². The second-order valence-corrected chi connectivity index (χ2v) is 3.00. The van der Waals surface area contributed by atoms with Crippen LogP contribution in [0.25, 0.3) is 0 Å². The van der Waals surface area contributed by atoms with E-state index in [4.69, 9.17) is 9.47 Å². The molecule has 0 radical (unpaired) electrons. The molecule has 1 rings (SSSR count). The zero-order chi connectivity index (χ0) is 8.32. The summed E-state index contributed by atoms with van der Waals surface area (Å²) >= 11 is 0. The van der Waals surface area contributed by atoms with Crippen molar-refractivity contribution in [1.82, 2.24) is 0 Å². The van der Waals surface area contributed by atoms with Crippen molar-refractivity contribution in [3.05, 3.63) is 0 Å². The summed E-state index contributed by atoms with van der Waals surface area (Å²) in [6.45, 7) is 4.94. The lowest BCUT2D eigenvalue weighted by atomic mass is 9.83. The molecule has 0 atom stereocenters. The van der Waals surface area contributed by atoms with Gasteiger partial charge >= 0.3 is 0 Å². The van der Waals surface area contributed by atoms with Crippen LogP contribution in [0.1, 0.15) is 20.3 Å². The molecule has 0 amide bonds. The van der Waals surface area contributed by atoms with Crippen LogP contribution in [0.5, 0.6) is 0 Å². The molecule has 1 aliphatic rings. The van der Waals surface area contributed by atoms with E-state index in [0.717, 1.165) is 6.42 Å². The average Bonchev–Trinajstić information content (AvgIpc) is 2.05. The van der Waals surface area contributed by atoms with Gasteiger partial charge in [-0.2, -0.15) is 0 Å². The second-order valence-electron chi connectivity index (χ2n) is 3.00. The third-order valence-electron chi connectivity index (χ3n) is 2.35. The number of hydrogen-bond acceptors (Lipinski definition) is 3. The van der Waals surface area contributed by atoms with Gasteiger partial charge in [0, 0.05) is 0 Å². The van der Waals surface area contributed by atoms with Crippen LogP contribution in [-0.4, -0.2) is 25.8 Å². The Morgan fingerprint density at radius 1 is 1.45 bits per heavy atom. The fourth-order valence-corrected chi connectivity index (χ4v) is 1.23. The minimum Gasteiger partial charge on any atom is -0.354 e. The van der Waals surface area contributed by atoms with Crippen molar-refractivity contribution in [3.8, 4) is 0 Å². The Morgan fingerprint density at radius 3 is 2.27 bits per heavy atom. The molecule has 1 aliphatic heterocycles. The lowest BCUT2D eigenvalue weighted by molar-refractivity contribution is -0.175. The van der Waals surface area contributed by atoms with Crippen molar-refractivity contribution < 1.29 is 14.3 Å². The molecule has 1 heterocycles. The summed E-state index contributed by atoms with van der Waals surface area (Å²) in [7, 11) is 0. The highest BCUT2D eigenvalue weighted by molar-refractivity contribution is 5.82. The predicted molar refractivity (Wildman–Crippen MR) is 40.2 cm³/mol. The molecule has 0 unspecified atom stereocenters. The van der Waals surface area contributed by atoms with Crippen molar-refractivity contribution in [2.45, 2.75) is 20.3 Å². The Kier molecular flexibility index (Phi) is 2.62. The standard InChI is InChI=1S/C8H14O3/c1-3-8(7(2)9)4-10-6-11-5-8/h3-6H2,1-2H3. The number of ether oxygens (including phenoxy) is 2. The molecule has 0 saturated carbocycles. The number of carbonyl (C=O) groups is 1. The van der Waals surface area contributed by atoms with Crippen LogP contribution in [0.2, 0.25) is 0 Å². The summed E-state index contributed by atoms with van der Waals surface area (Å²) in [6.07, 6.45) is 0.794. The maximum atomic E-state index is 11.2. The first-order valence-electron chi connectivity index (χ1n) is 3.88. The molecule has 11 heavy (non-hydrogen) atoms. The molecular weight excluding hydrogens is 144 g/mol. The maximum absolute atomic E-state index is 11.2. The van der Waals surface area contributed by atoms with Crippen molar-refractivity contribution in [2.24, 2.45) is 5.41 Å². The van der Waals surface area contributed by atoms with Gasteiger partial charge < -0.3 is 9.47 Å². The van der Waals surface area contributed by atoms with Crippen LogP contribution >= 0.6 is 0 Å². The van der Waals surface area contributed by atoms with E-state index in [2.05, 4.69) is 0 Å². The third-order valence-corrected chi connectivity index (χ3v) is 2.35. The molecule has 0 aromatic carbocycles. The molecule has 3 nitrogen and oxygen atoms in total. The van der Waals surface area contributed by atoms with Gasteiger partial charge in [0.15, 0.2) is 0 Å². The Labute approximate surface area is 66.7 Å². The first-order valence-corrected chi connectivity index (χ1v) is 3.88. The minimum atomic E-state index is -0.363. The molecule has 0 aliphatic carbocycles. The Hall–Kier alpha value is -0.410. The zero-order valence-electron chi connectivity index (χ0n) is 7.05. The van der Waals surface area contributed by atoms with Crippen LogP contribution < -0.4 is 0 Å². The van der Waals surface area contributed by atoms with E-state index in [1.54, 1.807) is 6.92 Å². The molecule has 0 aromatic rings. The zero-order valence-corrected chi connectivity index (χ0v) is 7.05. The third kappa shape index (κ3) is 1.60. The van der Waals surface area contributed by atoms with E-state index >= 15 is 0 Å². The smallest absolute Gasteiger partial charge is 0.146 e. The van der Waals surface area contributed by atoms with Crippen molar-refractivity contribution in [3.63, 3.8) is 0 Å². The van der Waals surface area contributed by atoms with E-state index < -0.39 is 0 Å². The maximum Gasteiger partial charge on any atom is 0.146 e. The van der Waals surface area contributed by atoms with Crippen LogP contribution in [-0.2, 0) is 14.3 Å². The topological polar surface area (TPSA) is 35.5 Å². The number of rotatable bonds is 2. The monoisotopic (exact) mass is 158 g/mol. The molecular formula is C8H14O3. The quantitative estimate of drug-likeness (QED) is 0.601. The lowest BCUT2D eigenvalue weighted by Crippen LogP contribution is -2.42. The second kappa shape index (κ2) is 3.32. The molecule has 3 heteroatoms. The van der Waals surface area contributed by atoms with Crippen molar-refractivity contribution in [2.75, 3.05) is 20.0 Å². The summed E-state index contributed by atoms with van der Waals surface area (Å²) in [4.78, 5) is 11.2. The molecule has 0 N–H and O–H groups in total. The number of Topliss-reactive ketones (excluding diaryl/α,β-unsaturated/α-hetero) is 1. The van der Waals surface area contributed by atoms with Crippen LogP contribution in [0.4, 0.5) is 0 Å². The first-order chi connectivity index (χ1) is 5.21. The van der Waals surface area contributed by atoms with Gasteiger partial charge in [-0.05, 0) is 13.3 Å². The number of carbonyl (C=O) groups excluding carboxylic acids is 1. The van der Waals surface area contributed by atoms with Crippen molar-refractivity contribution >= 4 is 5.78 Å². The fourth-order valence-electron chi connectivity index (χ4n) is 1.23. The molecule has 0 spiro atoms. The van der Waals surface area contributed by atoms with Gasteiger partial charge in [0.1, 0.15) is 12.6 Å². The van der Waals surface area contributed by atoms with Gasteiger partial charge in [-0.25, -0.2) is 0 Å². The van der Waals surface area contributed by atoms with Crippen LogP contribution in [0.3, 0.4) is 0 Å². The molecule has 1 fully saturated rings. The van der Waals surface area contributed by atoms with Gasteiger partial charge in [-0.15, -0.1) is 0 Å². The number of hydrogen-bond donors (Lipinski definition) is 0. The summed E-state index contributed by atoms with van der Waals surface area (Å²) in [5.74, 6) is 0.166. The van der Waals surface area contributed by atoms with Gasteiger partial charge in [-0.3, -0.25) is 4.79 Å². The van der Waals surface area contributed by atoms with E-state index in [1.807, 2.05) is 6.92 Å². The SMILES string of the molecule is CCC1(C(C)=O)COCOC1. The molecule has 0 aromatic heterocycles. The van der Waals surface area contributed by atoms with Gasteiger partial charge in [0.2, 0.25) is 0 Å². The summed E-state index contributed by atoms with van der Waals surface area (Å²) in [5.41, 5.74) is -0.363. The van der Waals surface area contributed by atoms with Gasteiger partial charge in [-0.1, -0.05) is 6.92 Å². The molecule has 1 saturated heterocycles. The number of ketones is 1. The van der Waals surface area contributed by atoms with Crippen LogP contribution in [0, 0.1) is 5.41 Å². The summed E-state index contributed by atoms with van der Waals surface area (Å²) in [5, 5.41) is 0. The minimum absolute atomic E-state index is 0.166. The van der Waals surface area contributed by atoms with Crippen LogP contribution in [0.15, 0.2) is 0 Å². The highest BCUT2D eigenvalue weighted by Gasteiger charge is 2.36. The predicted octanol–water partition coefficient (Wildman–Crippen LogP) is 0.976.